The van der Waals surface area contributed by atoms with Gasteiger partial charge >= 0.3 is 0 Å². The first kappa shape index (κ1) is 19.7. The van der Waals surface area contributed by atoms with E-state index in [0.29, 0.717) is 34.1 Å². The standard InChI is InChI=1S/C22H21ClN2O3/c1-4-20(26)24-15-9-10-18(23)19(12-15)25-22(27)17-11-14-7-5-6-8-16(14)13(2)21(17)28-3/h5-12H,4H2,1-3H3,(H,24,26)(H,25,27). The van der Waals surface area contributed by atoms with E-state index in [0.717, 1.165) is 16.3 Å². The number of rotatable bonds is 5. The fourth-order valence-electron chi connectivity index (χ4n) is 3.08. The molecule has 0 unspecified atom stereocenters. The Morgan fingerprint density at radius 1 is 1.07 bits per heavy atom. The van der Waals surface area contributed by atoms with Crippen molar-refractivity contribution in [1.29, 1.82) is 0 Å². The van der Waals surface area contributed by atoms with Crippen molar-refractivity contribution in [3.8, 4) is 5.75 Å². The van der Waals surface area contributed by atoms with Gasteiger partial charge in [0.15, 0.2) is 0 Å². The number of carbonyl (C=O) groups excluding carboxylic acids is 2. The number of ether oxygens (including phenoxy) is 1. The van der Waals surface area contributed by atoms with Crippen LogP contribution in [0.1, 0.15) is 29.3 Å². The van der Waals surface area contributed by atoms with E-state index in [1.165, 1.54) is 0 Å². The zero-order chi connectivity index (χ0) is 20.3. The van der Waals surface area contributed by atoms with Gasteiger partial charge in [0.25, 0.3) is 5.91 Å². The lowest BCUT2D eigenvalue weighted by Gasteiger charge is -2.15. The molecule has 0 bridgehead atoms. The van der Waals surface area contributed by atoms with E-state index in [1.807, 2.05) is 31.2 Å². The molecule has 144 valence electrons. The highest BCUT2D eigenvalue weighted by Crippen LogP contribution is 2.33. The van der Waals surface area contributed by atoms with Gasteiger partial charge in [-0.15, -0.1) is 0 Å². The Labute approximate surface area is 168 Å². The van der Waals surface area contributed by atoms with E-state index < -0.39 is 0 Å². The van der Waals surface area contributed by atoms with Gasteiger partial charge < -0.3 is 15.4 Å². The Hall–Kier alpha value is -3.05. The van der Waals surface area contributed by atoms with Gasteiger partial charge in [-0.3, -0.25) is 9.59 Å². The van der Waals surface area contributed by atoms with Crippen LogP contribution in [0.3, 0.4) is 0 Å². The summed E-state index contributed by atoms with van der Waals surface area (Å²) < 4.78 is 5.51. The van der Waals surface area contributed by atoms with Crippen LogP contribution in [0.5, 0.6) is 5.75 Å². The second-order valence-corrected chi connectivity index (χ2v) is 6.76. The number of fused-ring (bicyclic) bond motifs is 1. The molecule has 0 aliphatic heterocycles. The fourth-order valence-corrected chi connectivity index (χ4v) is 3.24. The summed E-state index contributed by atoms with van der Waals surface area (Å²) in [5, 5.41) is 7.92. The van der Waals surface area contributed by atoms with E-state index in [2.05, 4.69) is 10.6 Å². The summed E-state index contributed by atoms with van der Waals surface area (Å²) in [6, 6.07) is 14.6. The zero-order valence-corrected chi connectivity index (χ0v) is 16.7. The number of halogens is 1. The van der Waals surface area contributed by atoms with E-state index >= 15 is 0 Å². The Kier molecular flexibility index (Phi) is 5.85. The number of nitrogens with one attached hydrogen (secondary N) is 2. The van der Waals surface area contributed by atoms with Crippen molar-refractivity contribution in [2.45, 2.75) is 20.3 Å². The molecule has 0 aromatic heterocycles. The Bertz CT molecular complexity index is 1060. The van der Waals surface area contributed by atoms with Gasteiger partial charge in [0.05, 0.1) is 23.4 Å². The highest BCUT2D eigenvalue weighted by Gasteiger charge is 2.18. The van der Waals surface area contributed by atoms with Gasteiger partial charge in [0.1, 0.15) is 5.75 Å². The number of amides is 2. The smallest absolute Gasteiger partial charge is 0.259 e. The van der Waals surface area contributed by atoms with Crippen LogP contribution in [0, 0.1) is 6.92 Å². The van der Waals surface area contributed by atoms with Crippen molar-refractivity contribution >= 4 is 45.6 Å². The number of hydrogen-bond acceptors (Lipinski definition) is 3. The topological polar surface area (TPSA) is 67.4 Å². The summed E-state index contributed by atoms with van der Waals surface area (Å²) in [4.78, 5) is 24.6. The van der Waals surface area contributed by atoms with Crippen LogP contribution in [0.4, 0.5) is 11.4 Å². The lowest BCUT2D eigenvalue weighted by atomic mass is 9.99. The van der Waals surface area contributed by atoms with Gasteiger partial charge in [-0.2, -0.15) is 0 Å². The van der Waals surface area contributed by atoms with Gasteiger partial charge in [0.2, 0.25) is 5.91 Å². The predicted molar refractivity (Wildman–Crippen MR) is 114 cm³/mol. The number of carbonyl (C=O) groups is 2. The molecule has 0 saturated heterocycles. The number of hydrogen-bond donors (Lipinski definition) is 2. The van der Waals surface area contributed by atoms with Crippen LogP contribution in [-0.4, -0.2) is 18.9 Å². The molecular weight excluding hydrogens is 376 g/mol. The monoisotopic (exact) mass is 396 g/mol. The molecule has 2 N–H and O–H groups in total. The maximum Gasteiger partial charge on any atom is 0.259 e. The van der Waals surface area contributed by atoms with Gasteiger partial charge in [-0.1, -0.05) is 42.8 Å². The third-order valence-corrected chi connectivity index (χ3v) is 4.85. The minimum atomic E-state index is -0.341. The molecule has 0 aliphatic rings. The second kappa shape index (κ2) is 8.31. The molecule has 0 atom stereocenters. The zero-order valence-electron chi connectivity index (χ0n) is 15.9. The van der Waals surface area contributed by atoms with Gasteiger partial charge in [0, 0.05) is 12.1 Å². The van der Waals surface area contributed by atoms with E-state index in [4.69, 9.17) is 16.3 Å². The second-order valence-electron chi connectivity index (χ2n) is 6.35. The molecule has 0 radical (unpaired) electrons. The normalized spacial score (nSPS) is 10.6. The first-order valence-electron chi connectivity index (χ1n) is 8.91. The highest BCUT2D eigenvalue weighted by atomic mass is 35.5. The number of methoxy groups -OCH3 is 1. The van der Waals surface area contributed by atoms with Crippen molar-refractivity contribution in [3.05, 3.63) is 64.7 Å². The Balaban J connectivity index is 1.97. The third kappa shape index (κ3) is 3.94. The van der Waals surface area contributed by atoms with Crippen molar-refractivity contribution in [3.63, 3.8) is 0 Å². The van der Waals surface area contributed by atoms with Crippen molar-refractivity contribution < 1.29 is 14.3 Å². The molecule has 3 aromatic rings. The minimum absolute atomic E-state index is 0.119. The van der Waals surface area contributed by atoms with Crippen LogP contribution < -0.4 is 15.4 Å². The summed E-state index contributed by atoms with van der Waals surface area (Å²) in [5.41, 5.74) is 2.28. The minimum Gasteiger partial charge on any atom is -0.496 e. The van der Waals surface area contributed by atoms with Gasteiger partial charge in [-0.25, -0.2) is 0 Å². The van der Waals surface area contributed by atoms with Crippen molar-refractivity contribution in [2.24, 2.45) is 0 Å². The Morgan fingerprint density at radius 3 is 2.54 bits per heavy atom. The van der Waals surface area contributed by atoms with E-state index in [9.17, 15) is 9.59 Å². The summed E-state index contributed by atoms with van der Waals surface area (Å²) in [7, 11) is 1.54. The van der Waals surface area contributed by atoms with Crippen LogP contribution in [0.25, 0.3) is 10.8 Å². The van der Waals surface area contributed by atoms with E-state index in [-0.39, 0.29) is 11.8 Å². The molecule has 0 heterocycles. The average molecular weight is 397 g/mol. The molecule has 0 saturated carbocycles. The summed E-state index contributed by atoms with van der Waals surface area (Å²) >= 11 is 6.24. The maximum atomic E-state index is 13.0. The molecule has 0 fully saturated rings. The lowest BCUT2D eigenvalue weighted by molar-refractivity contribution is -0.115. The first-order valence-corrected chi connectivity index (χ1v) is 9.29. The molecule has 3 aromatic carbocycles. The fraction of sp³-hybridized carbons (Fsp3) is 0.182. The first-order chi connectivity index (χ1) is 13.4. The van der Waals surface area contributed by atoms with E-state index in [1.54, 1.807) is 38.3 Å². The molecule has 5 nitrogen and oxygen atoms in total. The predicted octanol–water partition coefficient (Wildman–Crippen LogP) is 5.41. The van der Waals surface area contributed by atoms with Crippen LogP contribution in [-0.2, 0) is 4.79 Å². The third-order valence-electron chi connectivity index (χ3n) is 4.52. The van der Waals surface area contributed by atoms with Gasteiger partial charge in [-0.05, 0) is 47.5 Å². The summed E-state index contributed by atoms with van der Waals surface area (Å²) in [6.07, 6.45) is 0.359. The van der Waals surface area contributed by atoms with Crippen molar-refractivity contribution in [2.75, 3.05) is 17.7 Å². The lowest BCUT2D eigenvalue weighted by Crippen LogP contribution is -2.15. The quantitative estimate of drug-likeness (QED) is 0.605. The molecule has 0 aliphatic carbocycles. The van der Waals surface area contributed by atoms with Crippen LogP contribution in [0.2, 0.25) is 5.02 Å². The number of aryl methyl sites for hydroxylation is 1. The van der Waals surface area contributed by atoms with Crippen LogP contribution >= 0.6 is 11.6 Å². The Morgan fingerprint density at radius 2 is 1.82 bits per heavy atom. The molecule has 6 heteroatoms. The highest BCUT2D eigenvalue weighted by molar-refractivity contribution is 6.34. The summed E-state index contributed by atoms with van der Waals surface area (Å²) in [6.45, 7) is 3.69. The molecule has 2 amide bonds. The molecule has 3 rings (SSSR count). The molecular formula is C22H21ClN2O3. The van der Waals surface area contributed by atoms with Crippen molar-refractivity contribution in [1.82, 2.24) is 0 Å². The number of anilines is 2. The molecule has 28 heavy (non-hydrogen) atoms. The maximum absolute atomic E-state index is 13.0. The molecule has 0 spiro atoms. The largest absolute Gasteiger partial charge is 0.496 e. The average Bonchev–Trinajstić information content (AvgIpc) is 2.70. The van der Waals surface area contributed by atoms with Crippen LogP contribution in [0.15, 0.2) is 48.5 Å². The SMILES string of the molecule is CCC(=O)Nc1ccc(Cl)c(NC(=O)c2cc3ccccc3c(C)c2OC)c1. The summed E-state index contributed by atoms with van der Waals surface area (Å²) in [5.74, 6) is 0.0563. The number of benzene rings is 3.